The topological polar surface area (TPSA) is 113 Å². The molecule has 2 heterocycles. The third-order valence-electron chi connectivity index (χ3n) is 5.98. The first kappa shape index (κ1) is 20.8. The maximum absolute atomic E-state index is 13.1. The predicted octanol–water partition coefficient (Wildman–Crippen LogP) is 3.29. The van der Waals surface area contributed by atoms with Crippen molar-refractivity contribution >= 4 is 23.4 Å². The Bertz CT molecular complexity index is 1050. The van der Waals surface area contributed by atoms with Crippen molar-refractivity contribution in [1.82, 2.24) is 4.90 Å². The fraction of sp³-hybridized carbons (Fsp3) is 0.364. The molecule has 2 amide bonds. The molecule has 0 spiro atoms. The van der Waals surface area contributed by atoms with Crippen molar-refractivity contribution in [2.75, 3.05) is 11.4 Å². The van der Waals surface area contributed by atoms with E-state index in [1.807, 2.05) is 13.8 Å². The Labute approximate surface area is 179 Å². The Morgan fingerprint density at radius 2 is 1.90 bits per heavy atom. The van der Waals surface area contributed by atoms with E-state index in [1.165, 1.54) is 24.3 Å². The summed E-state index contributed by atoms with van der Waals surface area (Å²) in [5, 5.41) is 21.9. The van der Waals surface area contributed by atoms with Crippen LogP contribution in [-0.4, -0.2) is 45.7 Å². The second-order valence-electron chi connectivity index (χ2n) is 7.92. The van der Waals surface area contributed by atoms with Crippen LogP contribution in [0.1, 0.15) is 39.9 Å². The molecule has 2 aromatic carbocycles. The van der Waals surface area contributed by atoms with Gasteiger partial charge in [-0.25, -0.2) is 9.69 Å². The third kappa shape index (κ3) is 3.72. The first-order chi connectivity index (χ1) is 14.8. The quantitative estimate of drug-likeness (QED) is 0.596. The molecule has 1 unspecified atom stereocenters. The van der Waals surface area contributed by atoms with Crippen LogP contribution in [0.2, 0.25) is 0 Å². The normalized spacial score (nSPS) is 20.2. The van der Waals surface area contributed by atoms with E-state index in [1.54, 1.807) is 17.0 Å². The Morgan fingerprint density at radius 3 is 2.58 bits per heavy atom. The third-order valence-corrected chi connectivity index (χ3v) is 5.98. The van der Waals surface area contributed by atoms with Gasteiger partial charge in [0, 0.05) is 18.7 Å². The van der Waals surface area contributed by atoms with Crippen LogP contribution in [0.15, 0.2) is 36.4 Å². The van der Waals surface area contributed by atoms with Gasteiger partial charge in [0.15, 0.2) is 6.23 Å². The second kappa shape index (κ2) is 7.99. The molecule has 2 aliphatic rings. The van der Waals surface area contributed by atoms with Crippen molar-refractivity contribution < 1.29 is 24.4 Å². The standard InChI is InChI=1S/C22H23N3O6/c1-13-10-17-19(11-14(13)2)24(21(27)18-4-3-9-23(18)20(17)26)22(28)31-12-15-5-7-16(8-6-15)25(29)30/h5-8,10-11,18,21,27H,3-4,9,12H2,1-2H3/t18-,21?/m0/s1. The SMILES string of the molecule is Cc1cc2c(cc1C)N(C(=O)OCc1ccc([N+](=O)[O-])cc1)C(O)[C@@H]1CCCN1C2=O. The lowest BCUT2D eigenvalue weighted by molar-refractivity contribution is -0.384. The number of hydrogen-bond acceptors (Lipinski definition) is 6. The first-order valence-electron chi connectivity index (χ1n) is 10.1. The molecule has 0 radical (unpaired) electrons. The van der Waals surface area contributed by atoms with Gasteiger partial charge in [-0.2, -0.15) is 0 Å². The smallest absolute Gasteiger partial charge is 0.416 e. The van der Waals surface area contributed by atoms with Gasteiger partial charge < -0.3 is 14.7 Å². The number of benzene rings is 2. The summed E-state index contributed by atoms with van der Waals surface area (Å²) in [6, 6.07) is 8.65. The zero-order chi connectivity index (χ0) is 22.3. The van der Waals surface area contributed by atoms with E-state index in [0.717, 1.165) is 22.4 Å². The van der Waals surface area contributed by atoms with Crippen LogP contribution >= 0.6 is 0 Å². The zero-order valence-corrected chi connectivity index (χ0v) is 17.3. The maximum atomic E-state index is 13.1. The van der Waals surface area contributed by atoms with Crippen molar-refractivity contribution in [1.29, 1.82) is 0 Å². The monoisotopic (exact) mass is 425 g/mol. The summed E-state index contributed by atoms with van der Waals surface area (Å²) in [6.45, 7) is 4.17. The summed E-state index contributed by atoms with van der Waals surface area (Å²) in [4.78, 5) is 39.3. The number of nitro groups is 1. The van der Waals surface area contributed by atoms with Crippen molar-refractivity contribution in [3.05, 3.63) is 68.8 Å². The molecule has 0 aromatic heterocycles. The number of amides is 2. The lowest BCUT2D eigenvalue weighted by Crippen LogP contribution is -2.50. The number of ether oxygens (including phenoxy) is 1. The van der Waals surface area contributed by atoms with Crippen LogP contribution in [0.5, 0.6) is 0 Å². The average molecular weight is 425 g/mol. The van der Waals surface area contributed by atoms with Gasteiger partial charge in [-0.1, -0.05) is 0 Å². The average Bonchev–Trinajstić information content (AvgIpc) is 3.21. The van der Waals surface area contributed by atoms with Gasteiger partial charge in [-0.15, -0.1) is 0 Å². The van der Waals surface area contributed by atoms with Gasteiger partial charge in [0.2, 0.25) is 0 Å². The molecule has 0 saturated carbocycles. The fourth-order valence-electron chi connectivity index (χ4n) is 4.13. The molecular weight excluding hydrogens is 402 g/mol. The molecule has 31 heavy (non-hydrogen) atoms. The van der Waals surface area contributed by atoms with E-state index in [9.17, 15) is 24.8 Å². The van der Waals surface area contributed by atoms with Crippen molar-refractivity contribution in [2.24, 2.45) is 0 Å². The molecule has 0 aliphatic carbocycles. The number of carbonyl (C=O) groups excluding carboxylic acids is 2. The van der Waals surface area contributed by atoms with Crippen molar-refractivity contribution in [3.63, 3.8) is 0 Å². The molecule has 9 heteroatoms. The van der Waals surface area contributed by atoms with Crippen LogP contribution < -0.4 is 4.90 Å². The molecule has 4 rings (SSSR count). The van der Waals surface area contributed by atoms with Gasteiger partial charge in [-0.05, 0) is 67.6 Å². The molecule has 1 N–H and O–H groups in total. The fourth-order valence-corrected chi connectivity index (χ4v) is 4.13. The van der Waals surface area contributed by atoms with Gasteiger partial charge in [0.25, 0.3) is 11.6 Å². The largest absolute Gasteiger partial charge is 0.444 e. The molecule has 1 fully saturated rings. The van der Waals surface area contributed by atoms with Crippen LogP contribution in [0.3, 0.4) is 0 Å². The number of non-ortho nitro benzene ring substituents is 1. The number of aryl methyl sites for hydroxylation is 2. The van der Waals surface area contributed by atoms with Gasteiger partial charge in [-0.3, -0.25) is 14.9 Å². The van der Waals surface area contributed by atoms with Crippen molar-refractivity contribution in [2.45, 2.75) is 45.6 Å². The molecular formula is C22H23N3O6. The number of aliphatic hydroxyl groups is 1. The minimum absolute atomic E-state index is 0.0578. The van der Waals surface area contributed by atoms with E-state index in [-0.39, 0.29) is 18.2 Å². The summed E-state index contributed by atoms with van der Waals surface area (Å²) in [5.74, 6) is -0.203. The lowest BCUT2D eigenvalue weighted by Gasteiger charge is -2.31. The number of rotatable bonds is 3. The number of nitrogens with zero attached hydrogens (tertiary/aromatic N) is 3. The summed E-state index contributed by atoms with van der Waals surface area (Å²) in [6.07, 6.45) is -0.680. The summed E-state index contributed by atoms with van der Waals surface area (Å²) in [5.41, 5.74) is 3.00. The molecule has 0 bridgehead atoms. The highest BCUT2D eigenvalue weighted by Gasteiger charge is 2.44. The highest BCUT2D eigenvalue weighted by atomic mass is 16.6. The van der Waals surface area contributed by atoms with Crippen LogP contribution in [0, 0.1) is 24.0 Å². The minimum atomic E-state index is -1.24. The first-order valence-corrected chi connectivity index (χ1v) is 10.1. The highest BCUT2D eigenvalue weighted by molar-refractivity contribution is 6.05. The predicted molar refractivity (Wildman–Crippen MR) is 112 cm³/mol. The number of fused-ring (bicyclic) bond motifs is 2. The number of nitro benzene ring substituents is 1. The number of hydrogen-bond donors (Lipinski definition) is 1. The van der Waals surface area contributed by atoms with Gasteiger partial charge in [0.05, 0.1) is 22.2 Å². The van der Waals surface area contributed by atoms with Crippen molar-refractivity contribution in [3.8, 4) is 0 Å². The Morgan fingerprint density at radius 1 is 1.23 bits per heavy atom. The van der Waals surface area contributed by atoms with E-state index < -0.39 is 23.3 Å². The Hall–Kier alpha value is -3.46. The molecule has 162 valence electrons. The molecule has 2 atom stereocenters. The summed E-state index contributed by atoms with van der Waals surface area (Å²) >= 11 is 0. The van der Waals surface area contributed by atoms with E-state index in [0.29, 0.717) is 29.8 Å². The lowest BCUT2D eigenvalue weighted by atomic mass is 10.0. The second-order valence-corrected chi connectivity index (χ2v) is 7.92. The molecule has 9 nitrogen and oxygen atoms in total. The summed E-state index contributed by atoms with van der Waals surface area (Å²) < 4.78 is 5.43. The Kier molecular flexibility index (Phi) is 5.36. The molecule has 2 aliphatic heterocycles. The molecule has 1 saturated heterocycles. The van der Waals surface area contributed by atoms with E-state index >= 15 is 0 Å². The molecule has 2 aromatic rings. The maximum Gasteiger partial charge on any atom is 0.416 e. The van der Waals surface area contributed by atoms with E-state index in [4.69, 9.17) is 4.74 Å². The van der Waals surface area contributed by atoms with Crippen LogP contribution in [0.4, 0.5) is 16.2 Å². The number of carbonyl (C=O) groups is 2. The number of anilines is 1. The Balaban J connectivity index is 1.64. The van der Waals surface area contributed by atoms with E-state index in [2.05, 4.69) is 0 Å². The highest BCUT2D eigenvalue weighted by Crippen LogP contribution is 2.36. The van der Waals surface area contributed by atoms with Crippen LogP contribution in [0.25, 0.3) is 0 Å². The summed E-state index contributed by atoms with van der Waals surface area (Å²) in [7, 11) is 0. The van der Waals surface area contributed by atoms with Crippen LogP contribution in [-0.2, 0) is 11.3 Å². The minimum Gasteiger partial charge on any atom is -0.444 e. The van der Waals surface area contributed by atoms with Gasteiger partial charge in [0.1, 0.15) is 6.61 Å². The number of aliphatic hydroxyl groups excluding tert-OH is 1. The zero-order valence-electron chi connectivity index (χ0n) is 17.3. The van der Waals surface area contributed by atoms with Gasteiger partial charge >= 0.3 is 6.09 Å².